The first-order valence-electron chi connectivity index (χ1n) is 4.38. The van der Waals surface area contributed by atoms with Gasteiger partial charge < -0.3 is 0 Å². The Bertz CT molecular complexity index is 339. The maximum absolute atomic E-state index is 11.8. The first-order chi connectivity index (χ1) is 6.37. The van der Waals surface area contributed by atoms with E-state index < -0.39 is 13.1 Å². The molecule has 0 bridgehead atoms. The Hall–Kier alpha value is 0.400. The normalized spacial score (nSPS) is 19.5. The highest BCUT2D eigenvalue weighted by Crippen LogP contribution is 2.32. The van der Waals surface area contributed by atoms with Gasteiger partial charge in [-0.3, -0.25) is 0 Å². The molecular weight excluding hydrogens is 334 g/mol. The van der Waals surface area contributed by atoms with E-state index in [0.717, 1.165) is 25.7 Å². The van der Waals surface area contributed by atoms with Gasteiger partial charge in [-0.25, -0.2) is 8.42 Å². The number of nitrogens with zero attached hydrogens (tertiary/aromatic N) is 1. The molecule has 1 saturated carbocycles. The molecule has 1 aliphatic rings. The van der Waals surface area contributed by atoms with Crippen LogP contribution < -0.4 is 0 Å². The van der Waals surface area contributed by atoms with Gasteiger partial charge in [-0.2, -0.15) is 5.26 Å². The fourth-order valence-electron chi connectivity index (χ4n) is 1.65. The fourth-order valence-corrected chi connectivity index (χ4v) is 5.42. The Morgan fingerprint density at radius 2 is 1.86 bits per heavy atom. The molecule has 0 amide bonds. The number of halogens is 2. The van der Waals surface area contributed by atoms with Crippen molar-refractivity contribution in [3.8, 4) is 6.07 Å². The molecule has 0 aromatic carbocycles. The number of alkyl halides is 2. The molecule has 80 valence electrons. The number of hydrogen-bond acceptors (Lipinski definition) is 3. The van der Waals surface area contributed by atoms with Crippen molar-refractivity contribution in [2.24, 2.45) is 0 Å². The van der Waals surface area contributed by atoms with E-state index in [1.165, 1.54) is 0 Å². The average molecular weight is 345 g/mol. The molecule has 0 spiro atoms. The molecule has 6 heteroatoms. The van der Waals surface area contributed by atoms with E-state index >= 15 is 0 Å². The molecule has 0 unspecified atom stereocenters. The zero-order chi connectivity index (χ0) is 10.8. The van der Waals surface area contributed by atoms with Gasteiger partial charge in [0.2, 0.25) is 0 Å². The van der Waals surface area contributed by atoms with Crippen LogP contribution in [0.5, 0.6) is 0 Å². The van der Waals surface area contributed by atoms with Crippen LogP contribution in [0.3, 0.4) is 0 Å². The average Bonchev–Trinajstić information content (AvgIpc) is 2.54. The van der Waals surface area contributed by atoms with Crippen molar-refractivity contribution in [2.45, 2.75) is 34.2 Å². The van der Waals surface area contributed by atoms with E-state index in [4.69, 9.17) is 5.26 Å². The summed E-state index contributed by atoms with van der Waals surface area (Å²) in [6.07, 6.45) is 3.44. The summed E-state index contributed by atoms with van der Waals surface area (Å²) in [4.78, 5) is 0. The molecule has 14 heavy (non-hydrogen) atoms. The van der Waals surface area contributed by atoms with E-state index in [1.54, 1.807) is 0 Å². The molecule has 0 saturated heterocycles. The van der Waals surface area contributed by atoms with Crippen LogP contribution in [0.15, 0.2) is 0 Å². The van der Waals surface area contributed by atoms with E-state index in [-0.39, 0.29) is 11.0 Å². The molecule has 0 aliphatic heterocycles. The van der Waals surface area contributed by atoms with Crippen LogP contribution in [-0.4, -0.2) is 22.7 Å². The molecule has 0 N–H and O–H groups in total. The minimum Gasteiger partial charge on any atom is -0.228 e. The summed E-state index contributed by atoms with van der Waals surface area (Å²) in [7, 11) is -3.15. The predicted molar refractivity (Wildman–Crippen MR) is 62.2 cm³/mol. The molecule has 0 aromatic heterocycles. The number of rotatable bonds is 3. The van der Waals surface area contributed by atoms with Crippen LogP contribution in [0.1, 0.15) is 25.7 Å². The van der Waals surface area contributed by atoms with Gasteiger partial charge in [-0.1, -0.05) is 44.7 Å². The van der Waals surface area contributed by atoms with Gasteiger partial charge >= 0.3 is 0 Å². The summed E-state index contributed by atoms with van der Waals surface area (Å²) < 4.78 is 22.5. The Labute approximate surface area is 101 Å². The molecule has 0 atom stereocenters. The van der Waals surface area contributed by atoms with E-state index in [2.05, 4.69) is 31.9 Å². The molecule has 0 heterocycles. The van der Waals surface area contributed by atoms with Crippen molar-refractivity contribution in [1.29, 1.82) is 5.26 Å². The number of nitriles is 1. The van der Waals surface area contributed by atoms with Crippen LogP contribution in [0.4, 0.5) is 0 Å². The maximum Gasteiger partial charge on any atom is 0.180 e. The molecule has 3 nitrogen and oxygen atoms in total. The van der Waals surface area contributed by atoms with Crippen molar-refractivity contribution in [2.75, 3.05) is 5.75 Å². The van der Waals surface area contributed by atoms with Gasteiger partial charge in [-0.15, -0.1) is 0 Å². The second kappa shape index (κ2) is 4.50. The predicted octanol–water partition coefficient (Wildman–Crippen LogP) is 2.35. The summed E-state index contributed by atoms with van der Waals surface area (Å²) >= 11 is 6.08. The first-order valence-corrected chi connectivity index (χ1v) is 7.68. The van der Waals surface area contributed by atoms with E-state index in [0.29, 0.717) is 0 Å². The van der Waals surface area contributed by atoms with Gasteiger partial charge in [-0.05, 0) is 12.8 Å². The lowest BCUT2D eigenvalue weighted by Crippen LogP contribution is -2.29. The Morgan fingerprint density at radius 3 is 2.29 bits per heavy atom. The lowest BCUT2D eigenvalue weighted by molar-refractivity contribution is 0.579. The molecule has 1 fully saturated rings. The quantitative estimate of drug-likeness (QED) is 0.738. The van der Waals surface area contributed by atoms with Gasteiger partial charge in [0.15, 0.2) is 13.1 Å². The standard InChI is InChI=1S/C8H11Br2NO2S/c9-8(10,5-11)6-14(12,13)7-3-1-2-4-7/h7H,1-4,6H2. The Kier molecular flexibility index (Phi) is 4.01. The molecule has 1 rings (SSSR count). The smallest absolute Gasteiger partial charge is 0.180 e. The van der Waals surface area contributed by atoms with Crippen LogP contribution in [0.2, 0.25) is 0 Å². The summed E-state index contributed by atoms with van der Waals surface area (Å²) in [5, 5.41) is 8.45. The molecule has 0 aromatic rings. The van der Waals surface area contributed by atoms with E-state index in [1.807, 2.05) is 6.07 Å². The summed E-state index contributed by atoms with van der Waals surface area (Å²) in [6, 6.07) is 1.88. The Morgan fingerprint density at radius 1 is 1.36 bits per heavy atom. The monoisotopic (exact) mass is 343 g/mol. The molecule has 1 aliphatic carbocycles. The summed E-state index contributed by atoms with van der Waals surface area (Å²) in [6.45, 7) is 0. The topological polar surface area (TPSA) is 57.9 Å². The third-order valence-corrected chi connectivity index (χ3v) is 6.34. The highest BCUT2D eigenvalue weighted by Gasteiger charge is 2.36. The summed E-state index contributed by atoms with van der Waals surface area (Å²) in [5.41, 5.74) is 0. The van der Waals surface area contributed by atoms with Crippen LogP contribution >= 0.6 is 31.9 Å². The van der Waals surface area contributed by atoms with Crippen molar-refractivity contribution < 1.29 is 8.42 Å². The Balaban J connectivity index is 2.72. The van der Waals surface area contributed by atoms with Gasteiger partial charge in [0.05, 0.1) is 17.1 Å². The minimum absolute atomic E-state index is 0.166. The van der Waals surface area contributed by atoms with Crippen molar-refractivity contribution in [3.05, 3.63) is 0 Å². The lowest BCUT2D eigenvalue weighted by Gasteiger charge is -2.15. The SMILES string of the molecule is N#CC(Br)(Br)CS(=O)(=O)C1CCCC1. The second-order valence-corrected chi connectivity index (χ2v) is 9.58. The zero-order valence-corrected chi connectivity index (χ0v) is 11.5. The van der Waals surface area contributed by atoms with Crippen LogP contribution in [-0.2, 0) is 9.84 Å². The number of sulfone groups is 1. The fraction of sp³-hybridized carbons (Fsp3) is 0.875. The van der Waals surface area contributed by atoms with Crippen LogP contribution in [0, 0.1) is 11.3 Å². The second-order valence-electron chi connectivity index (χ2n) is 3.53. The van der Waals surface area contributed by atoms with E-state index in [9.17, 15) is 8.42 Å². The zero-order valence-electron chi connectivity index (χ0n) is 7.54. The maximum atomic E-state index is 11.8. The third kappa shape index (κ3) is 3.21. The van der Waals surface area contributed by atoms with Crippen molar-refractivity contribution in [1.82, 2.24) is 0 Å². The summed E-state index contributed by atoms with van der Waals surface area (Å²) in [5.74, 6) is -0.166. The van der Waals surface area contributed by atoms with Gasteiger partial charge in [0.1, 0.15) is 0 Å². The highest BCUT2D eigenvalue weighted by molar-refractivity contribution is 9.25. The van der Waals surface area contributed by atoms with Crippen molar-refractivity contribution in [3.63, 3.8) is 0 Å². The van der Waals surface area contributed by atoms with Gasteiger partial charge in [0.25, 0.3) is 0 Å². The third-order valence-electron chi connectivity index (χ3n) is 2.36. The first kappa shape index (κ1) is 12.5. The largest absolute Gasteiger partial charge is 0.228 e. The lowest BCUT2D eigenvalue weighted by atomic mass is 10.4. The number of hydrogen-bond donors (Lipinski definition) is 0. The highest BCUT2D eigenvalue weighted by atomic mass is 79.9. The molecular formula is C8H11Br2NO2S. The van der Waals surface area contributed by atoms with Crippen molar-refractivity contribution >= 4 is 41.7 Å². The van der Waals surface area contributed by atoms with Gasteiger partial charge in [0, 0.05) is 0 Å². The minimum atomic E-state index is -3.15. The van der Waals surface area contributed by atoms with Crippen LogP contribution in [0.25, 0.3) is 0 Å². The molecule has 0 radical (unpaired) electrons.